The van der Waals surface area contributed by atoms with E-state index in [4.69, 9.17) is 10.8 Å². The first-order chi connectivity index (χ1) is 8.61. The number of carbonyl (C=O) groups is 2. The Morgan fingerprint density at radius 2 is 2.06 bits per heavy atom. The summed E-state index contributed by atoms with van der Waals surface area (Å²) in [6.45, 7) is 0.976. The van der Waals surface area contributed by atoms with Gasteiger partial charge >= 0.3 is 5.97 Å². The molecule has 4 N–H and O–H groups in total. The van der Waals surface area contributed by atoms with Crippen molar-refractivity contribution in [3.05, 3.63) is 35.4 Å². The van der Waals surface area contributed by atoms with Crippen molar-refractivity contribution in [2.24, 2.45) is 11.7 Å². The van der Waals surface area contributed by atoms with E-state index in [1.165, 1.54) is 0 Å². The van der Waals surface area contributed by atoms with Crippen LogP contribution in [0, 0.1) is 5.92 Å². The summed E-state index contributed by atoms with van der Waals surface area (Å²) in [6.07, 6.45) is 0.350. The van der Waals surface area contributed by atoms with Crippen molar-refractivity contribution in [1.82, 2.24) is 5.32 Å². The Morgan fingerprint density at radius 3 is 2.61 bits per heavy atom. The lowest BCUT2D eigenvalue weighted by molar-refractivity contribution is -0.148. The molecule has 1 amide bonds. The van der Waals surface area contributed by atoms with E-state index in [2.05, 4.69) is 5.32 Å². The fourth-order valence-corrected chi connectivity index (χ4v) is 2.21. The molecule has 0 bridgehead atoms. The third-order valence-electron chi connectivity index (χ3n) is 3.34. The fourth-order valence-electron chi connectivity index (χ4n) is 2.21. The van der Waals surface area contributed by atoms with E-state index < -0.39 is 17.8 Å². The van der Waals surface area contributed by atoms with Crippen molar-refractivity contribution in [2.45, 2.75) is 18.9 Å². The largest absolute Gasteiger partial charge is 0.481 e. The topological polar surface area (TPSA) is 92.4 Å². The highest BCUT2D eigenvalue weighted by Gasteiger charge is 2.34. The molecule has 1 saturated heterocycles. The summed E-state index contributed by atoms with van der Waals surface area (Å²) in [5, 5.41) is 11.6. The summed E-state index contributed by atoms with van der Waals surface area (Å²) in [7, 11) is 0. The normalized spacial score (nSPS) is 23.5. The van der Waals surface area contributed by atoms with Gasteiger partial charge in [-0.2, -0.15) is 0 Å². The SMILES string of the molecule is NCc1ccc([C@@H]2CNC(=O)[C@@H](C(=O)O)C2)cc1. The van der Waals surface area contributed by atoms with Crippen LogP contribution < -0.4 is 11.1 Å². The lowest BCUT2D eigenvalue weighted by Gasteiger charge is -2.27. The minimum Gasteiger partial charge on any atom is -0.481 e. The number of hydrogen-bond acceptors (Lipinski definition) is 3. The van der Waals surface area contributed by atoms with Crippen LogP contribution in [-0.2, 0) is 16.1 Å². The number of carbonyl (C=O) groups excluding carboxylic acids is 1. The van der Waals surface area contributed by atoms with Crippen LogP contribution in [0.25, 0.3) is 0 Å². The molecule has 1 aromatic rings. The number of carboxylic acid groups (broad SMARTS) is 1. The highest BCUT2D eigenvalue weighted by molar-refractivity contribution is 5.97. The smallest absolute Gasteiger partial charge is 0.316 e. The van der Waals surface area contributed by atoms with E-state index in [1.54, 1.807) is 0 Å². The minimum absolute atomic E-state index is 0.0515. The molecule has 1 heterocycles. The van der Waals surface area contributed by atoms with Crippen LogP contribution in [0.1, 0.15) is 23.5 Å². The van der Waals surface area contributed by atoms with Gasteiger partial charge in [0, 0.05) is 19.0 Å². The maximum atomic E-state index is 11.4. The van der Waals surface area contributed by atoms with Crippen molar-refractivity contribution < 1.29 is 14.7 Å². The monoisotopic (exact) mass is 248 g/mol. The van der Waals surface area contributed by atoms with Crippen molar-refractivity contribution in [3.63, 3.8) is 0 Å². The van der Waals surface area contributed by atoms with Crippen LogP contribution in [0.3, 0.4) is 0 Å². The zero-order chi connectivity index (χ0) is 13.1. The maximum Gasteiger partial charge on any atom is 0.316 e. The molecule has 0 saturated carbocycles. The molecule has 0 aromatic heterocycles. The molecule has 1 aliphatic heterocycles. The lowest BCUT2D eigenvalue weighted by Crippen LogP contribution is -2.43. The van der Waals surface area contributed by atoms with Crippen LogP contribution in [0.5, 0.6) is 0 Å². The average Bonchev–Trinajstić information content (AvgIpc) is 2.39. The highest BCUT2D eigenvalue weighted by Crippen LogP contribution is 2.27. The van der Waals surface area contributed by atoms with Crippen molar-refractivity contribution in [3.8, 4) is 0 Å². The van der Waals surface area contributed by atoms with E-state index in [1.807, 2.05) is 24.3 Å². The molecule has 5 nitrogen and oxygen atoms in total. The van der Waals surface area contributed by atoms with Gasteiger partial charge in [-0.25, -0.2) is 0 Å². The predicted octanol–water partition coefficient (Wildman–Crippen LogP) is 0.450. The third-order valence-corrected chi connectivity index (χ3v) is 3.34. The van der Waals surface area contributed by atoms with Crippen molar-refractivity contribution in [1.29, 1.82) is 0 Å². The van der Waals surface area contributed by atoms with Gasteiger partial charge in [-0.05, 0) is 17.5 Å². The third kappa shape index (κ3) is 2.51. The van der Waals surface area contributed by atoms with Gasteiger partial charge in [0.05, 0.1) is 0 Å². The van der Waals surface area contributed by atoms with E-state index in [0.29, 0.717) is 19.5 Å². The van der Waals surface area contributed by atoms with Crippen LogP contribution in [0.2, 0.25) is 0 Å². The molecular weight excluding hydrogens is 232 g/mol. The predicted molar refractivity (Wildman–Crippen MR) is 65.8 cm³/mol. The molecule has 18 heavy (non-hydrogen) atoms. The molecule has 0 spiro atoms. The number of hydrogen-bond donors (Lipinski definition) is 3. The quantitative estimate of drug-likeness (QED) is 0.677. The van der Waals surface area contributed by atoms with Crippen LogP contribution >= 0.6 is 0 Å². The van der Waals surface area contributed by atoms with Crippen molar-refractivity contribution in [2.75, 3.05) is 6.54 Å². The summed E-state index contributed by atoms with van der Waals surface area (Å²) < 4.78 is 0. The molecule has 2 atom stereocenters. The molecule has 0 aliphatic carbocycles. The average molecular weight is 248 g/mol. The lowest BCUT2D eigenvalue weighted by atomic mass is 9.85. The number of nitrogens with two attached hydrogens (primary N) is 1. The van der Waals surface area contributed by atoms with Crippen LogP contribution in [0.4, 0.5) is 0 Å². The zero-order valence-corrected chi connectivity index (χ0v) is 9.93. The van der Waals surface area contributed by atoms with Gasteiger partial charge in [-0.3, -0.25) is 9.59 Å². The molecule has 1 fully saturated rings. The van der Waals surface area contributed by atoms with Gasteiger partial charge < -0.3 is 16.2 Å². The van der Waals surface area contributed by atoms with Gasteiger partial charge in [0.2, 0.25) is 5.91 Å². The number of carboxylic acids is 1. The Labute approximate surface area is 105 Å². The Morgan fingerprint density at radius 1 is 1.39 bits per heavy atom. The Kier molecular flexibility index (Phi) is 3.62. The van der Waals surface area contributed by atoms with Crippen molar-refractivity contribution >= 4 is 11.9 Å². The van der Waals surface area contributed by atoms with Gasteiger partial charge in [0.1, 0.15) is 5.92 Å². The second kappa shape index (κ2) is 5.18. The number of amides is 1. The van der Waals surface area contributed by atoms with E-state index in [0.717, 1.165) is 11.1 Å². The zero-order valence-electron chi connectivity index (χ0n) is 9.93. The Hall–Kier alpha value is -1.88. The highest BCUT2D eigenvalue weighted by atomic mass is 16.4. The second-order valence-electron chi connectivity index (χ2n) is 4.51. The van der Waals surface area contributed by atoms with Gasteiger partial charge in [0.15, 0.2) is 0 Å². The first-order valence-corrected chi connectivity index (χ1v) is 5.91. The summed E-state index contributed by atoms with van der Waals surface area (Å²) >= 11 is 0. The second-order valence-corrected chi connectivity index (χ2v) is 4.51. The first-order valence-electron chi connectivity index (χ1n) is 5.91. The molecule has 96 valence electrons. The first kappa shape index (κ1) is 12.6. The molecular formula is C13H16N2O3. The fraction of sp³-hybridized carbons (Fsp3) is 0.385. The maximum absolute atomic E-state index is 11.4. The molecule has 1 aromatic carbocycles. The van der Waals surface area contributed by atoms with E-state index in [9.17, 15) is 9.59 Å². The van der Waals surface area contributed by atoms with Crippen LogP contribution in [0.15, 0.2) is 24.3 Å². The molecule has 0 unspecified atom stereocenters. The Bertz CT molecular complexity index is 456. The summed E-state index contributed by atoms with van der Waals surface area (Å²) in [4.78, 5) is 22.4. The van der Waals surface area contributed by atoms with Gasteiger partial charge in [-0.15, -0.1) is 0 Å². The number of benzene rings is 1. The number of nitrogens with one attached hydrogen (secondary N) is 1. The molecule has 2 rings (SSSR count). The van der Waals surface area contributed by atoms with Gasteiger partial charge in [-0.1, -0.05) is 24.3 Å². The summed E-state index contributed by atoms with van der Waals surface area (Å²) in [5.41, 5.74) is 7.60. The summed E-state index contributed by atoms with van der Waals surface area (Å²) in [5.74, 6) is -2.35. The molecule has 5 heteroatoms. The minimum atomic E-state index is -1.06. The molecule has 1 aliphatic rings. The Balaban J connectivity index is 2.13. The summed E-state index contributed by atoms with van der Waals surface area (Å²) in [6, 6.07) is 7.76. The number of rotatable bonds is 3. The van der Waals surface area contributed by atoms with Crippen LogP contribution in [-0.4, -0.2) is 23.5 Å². The number of aliphatic carboxylic acids is 1. The number of piperidine rings is 1. The van der Waals surface area contributed by atoms with E-state index >= 15 is 0 Å². The van der Waals surface area contributed by atoms with Gasteiger partial charge in [0.25, 0.3) is 0 Å². The standard InChI is InChI=1S/C13H16N2O3/c14-6-8-1-3-9(4-2-8)10-5-11(13(17)18)12(16)15-7-10/h1-4,10-11H,5-7,14H2,(H,15,16)(H,17,18)/t10-,11-/m0/s1. The van der Waals surface area contributed by atoms with E-state index in [-0.39, 0.29) is 5.92 Å². The molecule has 0 radical (unpaired) electrons.